The number of carbonyl (C=O) groups excluding carboxylic acids is 1. The molecule has 0 aliphatic carbocycles. The van der Waals surface area contributed by atoms with Crippen molar-refractivity contribution in [3.63, 3.8) is 0 Å². The zero-order chi connectivity index (χ0) is 6.83. The largest absolute Gasteiger partial charge is 1.00 e. The predicted octanol–water partition coefficient (Wildman–Crippen LogP) is -6.06. The van der Waals surface area contributed by atoms with Gasteiger partial charge in [0, 0.05) is 6.47 Å². The van der Waals surface area contributed by atoms with Crippen LogP contribution in [-0.4, -0.2) is 21.7 Å². The average molecular weight is 176 g/mol. The number of hydrogen-bond donors (Lipinski definition) is 0. The van der Waals surface area contributed by atoms with E-state index in [1.165, 1.54) is 10.6 Å². The molecule has 0 spiro atoms. The standard InChI is InChI=1S/2C2H5.CH2O2.Al.2Na/c2*1-2;2-1-3;;;/h2*1H2,2H3;1H,(H,2,3);;;/q;;;3*+1/p-1. The Balaban J connectivity index is -0.0000000326. The normalized spacial score (nSPS) is 4.60. The number of hydrogen-bond acceptors (Lipinski definition) is 2. The Hall–Kier alpha value is 2.00. The first-order valence-corrected chi connectivity index (χ1v) is 4.34. The summed E-state index contributed by atoms with van der Waals surface area (Å²) in [6.07, 6.45) is 0. The molecular formula is C5H11AlNa2O2+2. The van der Waals surface area contributed by atoms with Gasteiger partial charge in [-0.3, -0.25) is 0 Å². The van der Waals surface area contributed by atoms with Crippen molar-refractivity contribution in [2.45, 2.75) is 24.4 Å². The van der Waals surface area contributed by atoms with E-state index >= 15 is 0 Å². The fourth-order valence-corrected chi connectivity index (χ4v) is 0.866. The molecule has 0 N–H and O–H groups in total. The van der Waals surface area contributed by atoms with Gasteiger partial charge in [0.2, 0.25) is 0 Å². The van der Waals surface area contributed by atoms with Crippen LogP contribution in [0.5, 0.6) is 0 Å². The molecule has 10 heavy (non-hydrogen) atoms. The Kier molecular flexibility index (Phi) is 69.3. The van der Waals surface area contributed by atoms with E-state index in [2.05, 4.69) is 13.8 Å². The maximum atomic E-state index is 8.25. The van der Waals surface area contributed by atoms with E-state index in [0.29, 0.717) is 0 Å². The molecule has 0 radical (unpaired) electrons. The van der Waals surface area contributed by atoms with Crippen LogP contribution in [-0.2, 0) is 4.79 Å². The van der Waals surface area contributed by atoms with Gasteiger partial charge in [0.25, 0.3) is 0 Å². The molecule has 5 heteroatoms. The maximum Gasteiger partial charge on any atom is 1.00 e. The molecule has 0 aromatic rings. The molecule has 0 atom stereocenters. The van der Waals surface area contributed by atoms with Crippen LogP contribution >= 0.6 is 0 Å². The van der Waals surface area contributed by atoms with Gasteiger partial charge in [-0.2, -0.15) is 0 Å². The van der Waals surface area contributed by atoms with Crippen LogP contribution in [0.1, 0.15) is 13.8 Å². The monoisotopic (exact) mass is 176 g/mol. The van der Waals surface area contributed by atoms with E-state index in [0.717, 1.165) is 15.2 Å². The van der Waals surface area contributed by atoms with Gasteiger partial charge in [-0.1, -0.05) is 0 Å². The van der Waals surface area contributed by atoms with Gasteiger partial charge < -0.3 is 9.90 Å². The molecule has 0 aromatic carbocycles. The van der Waals surface area contributed by atoms with E-state index in [1.54, 1.807) is 0 Å². The van der Waals surface area contributed by atoms with Crippen LogP contribution < -0.4 is 64.2 Å². The van der Waals surface area contributed by atoms with Crippen molar-refractivity contribution in [3.8, 4) is 0 Å². The minimum atomic E-state index is -0.500. The molecule has 0 saturated carbocycles. The van der Waals surface area contributed by atoms with Crippen LogP contribution in [0.4, 0.5) is 0 Å². The molecule has 2 nitrogen and oxygen atoms in total. The Bertz CT molecular complexity index is 44.6. The van der Waals surface area contributed by atoms with Crippen LogP contribution in [0.3, 0.4) is 0 Å². The second-order valence-corrected chi connectivity index (χ2v) is 3.41. The second-order valence-electron chi connectivity index (χ2n) is 1.20. The average Bonchev–Trinajstić information content (AvgIpc) is 1.71. The van der Waals surface area contributed by atoms with Crippen LogP contribution in [0.15, 0.2) is 0 Å². The molecule has 46 valence electrons. The van der Waals surface area contributed by atoms with E-state index in [4.69, 9.17) is 9.90 Å². The van der Waals surface area contributed by atoms with E-state index in [-0.39, 0.29) is 59.1 Å². The molecule has 0 aliphatic rings. The topological polar surface area (TPSA) is 40.1 Å². The van der Waals surface area contributed by atoms with Gasteiger partial charge in [0.05, 0.1) is 0 Å². The molecule has 0 rings (SSSR count). The third kappa shape index (κ3) is 50.6. The van der Waals surface area contributed by atoms with Gasteiger partial charge in [0.1, 0.15) is 0 Å². The van der Waals surface area contributed by atoms with Crippen molar-refractivity contribution < 1.29 is 69.0 Å². The van der Waals surface area contributed by atoms with Gasteiger partial charge in [-0.15, -0.1) is 0 Å². The third-order valence-corrected chi connectivity index (χ3v) is 1.73. The predicted molar refractivity (Wildman–Crippen MR) is 32.8 cm³/mol. The summed E-state index contributed by atoms with van der Waals surface area (Å²) < 4.78 is 0. The first-order valence-electron chi connectivity index (χ1n) is 2.70. The SMILES string of the molecule is C[CH2][Al+][CH2]C.O=C[O-].[Na+].[Na+]. The van der Waals surface area contributed by atoms with E-state index in [1.807, 2.05) is 0 Å². The summed E-state index contributed by atoms with van der Waals surface area (Å²) in [5.74, 6) is 0. The molecule has 0 saturated heterocycles. The van der Waals surface area contributed by atoms with Crippen molar-refractivity contribution in [3.05, 3.63) is 0 Å². The van der Waals surface area contributed by atoms with Crippen LogP contribution in [0.25, 0.3) is 0 Å². The smallest absolute Gasteiger partial charge is 0.554 e. The van der Waals surface area contributed by atoms with Crippen molar-refractivity contribution >= 4 is 21.7 Å². The third-order valence-electron chi connectivity index (χ3n) is 0.577. The minimum absolute atomic E-state index is 0. The summed E-state index contributed by atoms with van der Waals surface area (Å²) in [5.41, 5.74) is 0. The van der Waals surface area contributed by atoms with Crippen LogP contribution in [0, 0.1) is 0 Å². The Morgan fingerprint density at radius 1 is 1.30 bits per heavy atom. The first-order chi connectivity index (χ1) is 3.83. The zero-order valence-corrected chi connectivity index (χ0v) is 12.5. The van der Waals surface area contributed by atoms with Crippen molar-refractivity contribution in [2.24, 2.45) is 0 Å². The fourth-order valence-electron chi connectivity index (χ4n) is 0.289. The summed E-state index contributed by atoms with van der Waals surface area (Å²) in [6, 6.07) is 0. The number of carbonyl (C=O) groups is 1. The van der Waals surface area contributed by atoms with Crippen molar-refractivity contribution in [1.29, 1.82) is 0 Å². The van der Waals surface area contributed by atoms with Gasteiger partial charge >= 0.3 is 98.7 Å². The first kappa shape index (κ1) is 22.7. The van der Waals surface area contributed by atoms with Gasteiger partial charge in [0.15, 0.2) is 0 Å². The van der Waals surface area contributed by atoms with Crippen molar-refractivity contribution in [1.82, 2.24) is 0 Å². The minimum Gasteiger partial charge on any atom is -0.554 e. The molecule has 0 aromatic heterocycles. The molecular weight excluding hydrogens is 165 g/mol. The van der Waals surface area contributed by atoms with E-state index < -0.39 is 6.47 Å². The van der Waals surface area contributed by atoms with Gasteiger partial charge in [-0.25, -0.2) is 0 Å². The molecule has 0 amide bonds. The summed E-state index contributed by atoms with van der Waals surface area (Å²) in [4.78, 5) is 8.25. The Labute approximate surface area is 113 Å². The van der Waals surface area contributed by atoms with E-state index in [9.17, 15) is 0 Å². The number of carboxylic acid groups (broad SMARTS) is 1. The Morgan fingerprint density at radius 3 is 1.50 bits per heavy atom. The molecule has 0 unspecified atom stereocenters. The summed E-state index contributed by atoms with van der Waals surface area (Å²) in [7, 11) is 0. The quantitative estimate of drug-likeness (QED) is 0.310. The summed E-state index contributed by atoms with van der Waals surface area (Å²) in [6.45, 7) is 4.00. The zero-order valence-electron chi connectivity index (χ0n) is 7.39. The Morgan fingerprint density at radius 2 is 1.50 bits per heavy atom. The summed E-state index contributed by atoms with van der Waals surface area (Å²) >= 11 is 0.815. The second kappa shape index (κ2) is 30.6. The fraction of sp³-hybridized carbons (Fsp3) is 0.800. The maximum absolute atomic E-state index is 8.25. The number of rotatable bonds is 2. The van der Waals surface area contributed by atoms with Crippen molar-refractivity contribution in [2.75, 3.05) is 0 Å². The molecule has 0 bridgehead atoms. The van der Waals surface area contributed by atoms with Crippen LogP contribution in [0.2, 0.25) is 10.6 Å². The molecule has 0 fully saturated rings. The van der Waals surface area contributed by atoms with Gasteiger partial charge in [-0.05, 0) is 0 Å². The summed E-state index contributed by atoms with van der Waals surface area (Å²) in [5, 5.41) is 11.1. The molecule has 0 heterocycles. The molecule has 0 aliphatic heterocycles.